The molecule has 0 saturated heterocycles. The Kier molecular flexibility index (Phi) is 10.7. The van der Waals surface area contributed by atoms with Gasteiger partial charge in [-0.25, -0.2) is 8.78 Å². The van der Waals surface area contributed by atoms with Crippen LogP contribution >= 0.6 is 0 Å². The number of carbonyl (C=O) groups is 3. The number of benzene rings is 2. The van der Waals surface area contributed by atoms with Gasteiger partial charge in [0.2, 0.25) is 0 Å². The van der Waals surface area contributed by atoms with Crippen LogP contribution in [0.15, 0.2) is 30.3 Å². The Balaban J connectivity index is 2.61. The fraction of sp³-hybridized carbons (Fsp3) is 0.400. The van der Waals surface area contributed by atoms with Gasteiger partial charge < -0.3 is 19.9 Å². The number of carbonyl (C=O) groups excluding carboxylic acids is 3. The van der Waals surface area contributed by atoms with Gasteiger partial charge in [0.15, 0.2) is 5.82 Å². The van der Waals surface area contributed by atoms with E-state index in [4.69, 9.17) is 0 Å². The monoisotopic (exact) mass is 709 g/mol. The van der Waals surface area contributed by atoms with Crippen molar-refractivity contribution in [1.82, 2.24) is 4.90 Å². The maximum atomic E-state index is 15.3. The lowest BCUT2D eigenvalue weighted by atomic mass is 9.86. The van der Waals surface area contributed by atoms with Crippen molar-refractivity contribution in [2.75, 3.05) is 30.9 Å². The van der Waals surface area contributed by atoms with Crippen molar-refractivity contribution in [2.24, 2.45) is 0 Å². The molecule has 0 aliphatic heterocycles. The summed E-state index contributed by atoms with van der Waals surface area (Å²) < 4.78 is 205. The van der Waals surface area contributed by atoms with E-state index in [1.54, 1.807) is 5.32 Å². The SMILES string of the molecule is Cc1cc(C(F)(C(F)(F)F)C(F)(F)C(F)(F)F)cc(OC(F)F)c1NC(=O)c1cccc(N(C)C(=O)C(=O)N(C)CC(F)(F)F)c1F. The van der Waals surface area contributed by atoms with Gasteiger partial charge in [0.25, 0.3) is 5.91 Å². The Bertz CT molecular complexity index is 1520. The van der Waals surface area contributed by atoms with Gasteiger partial charge >= 0.3 is 48.5 Å². The van der Waals surface area contributed by atoms with Crippen LogP contribution in [0, 0.1) is 12.7 Å². The van der Waals surface area contributed by atoms with E-state index >= 15 is 4.39 Å². The molecule has 0 fully saturated rings. The van der Waals surface area contributed by atoms with E-state index in [0.717, 1.165) is 12.1 Å². The first kappa shape index (κ1) is 38.8. The normalized spacial score (nSPS) is 14.0. The summed E-state index contributed by atoms with van der Waals surface area (Å²) in [5.74, 6) is -16.0. The highest BCUT2D eigenvalue weighted by Crippen LogP contribution is 2.59. The molecule has 47 heavy (non-hydrogen) atoms. The summed E-state index contributed by atoms with van der Waals surface area (Å²) in [5, 5.41) is 1.64. The van der Waals surface area contributed by atoms with Crippen molar-refractivity contribution in [2.45, 2.75) is 43.7 Å². The predicted molar refractivity (Wildman–Crippen MR) is 129 cm³/mol. The number of amides is 3. The molecule has 0 spiro atoms. The molecular formula is C25H18F15N3O4. The number of likely N-dealkylation sites (N-methyl/N-ethyl adjacent to an activating group) is 2. The Labute approximate surface area is 252 Å². The van der Waals surface area contributed by atoms with Crippen LogP contribution in [0.2, 0.25) is 0 Å². The molecule has 7 nitrogen and oxygen atoms in total. The Morgan fingerprint density at radius 3 is 1.87 bits per heavy atom. The van der Waals surface area contributed by atoms with Gasteiger partial charge in [0.1, 0.15) is 12.3 Å². The smallest absolute Gasteiger partial charge is 0.433 e. The number of aryl methyl sites for hydroxylation is 1. The molecule has 2 aromatic carbocycles. The standard InChI is InChI=1S/C25H18F15N3O4/c1-10-7-11(22(32,24(35,36)37)23(33,34)25(38,39)40)8-14(47-20(27)28)16(10)41-17(44)12-5-4-6-13(15(12)26)43(3)19(46)18(45)42(2)9-21(29,30)31/h4-8,20H,9H2,1-3H3,(H,41,44). The number of rotatable bonds is 8. The van der Waals surface area contributed by atoms with Gasteiger partial charge in [-0.05, 0) is 36.8 Å². The van der Waals surface area contributed by atoms with Crippen molar-refractivity contribution >= 4 is 29.1 Å². The highest BCUT2D eigenvalue weighted by molar-refractivity contribution is 6.40. The number of nitrogens with one attached hydrogen (secondary N) is 1. The molecule has 1 N–H and O–H groups in total. The van der Waals surface area contributed by atoms with Gasteiger partial charge in [0.05, 0.1) is 16.9 Å². The molecule has 2 aromatic rings. The molecule has 1 atom stereocenters. The van der Waals surface area contributed by atoms with E-state index in [-0.39, 0.29) is 15.9 Å². The third kappa shape index (κ3) is 7.77. The molecule has 0 saturated carbocycles. The van der Waals surface area contributed by atoms with E-state index in [1.165, 1.54) is 0 Å². The Morgan fingerprint density at radius 2 is 1.40 bits per heavy atom. The van der Waals surface area contributed by atoms with Crippen molar-refractivity contribution in [3.8, 4) is 5.75 Å². The number of alkyl halides is 14. The maximum Gasteiger partial charge on any atom is 0.457 e. The molecular weight excluding hydrogens is 691 g/mol. The minimum Gasteiger partial charge on any atom is -0.433 e. The third-order valence-electron chi connectivity index (χ3n) is 6.17. The minimum atomic E-state index is -7.20. The molecule has 22 heteroatoms. The molecule has 262 valence electrons. The summed E-state index contributed by atoms with van der Waals surface area (Å²) in [6.45, 7) is -5.43. The predicted octanol–water partition coefficient (Wildman–Crippen LogP) is 6.90. The van der Waals surface area contributed by atoms with Gasteiger partial charge in [-0.1, -0.05) is 6.07 Å². The lowest BCUT2D eigenvalue weighted by molar-refractivity contribution is -0.389. The first-order valence-electron chi connectivity index (χ1n) is 12.1. The Morgan fingerprint density at radius 1 is 0.851 bits per heavy atom. The van der Waals surface area contributed by atoms with E-state index in [1.807, 2.05) is 0 Å². The van der Waals surface area contributed by atoms with E-state index in [0.29, 0.717) is 27.1 Å². The Hall–Kier alpha value is -4.40. The van der Waals surface area contributed by atoms with Gasteiger partial charge in [0, 0.05) is 19.7 Å². The summed E-state index contributed by atoms with van der Waals surface area (Å²) >= 11 is 0. The van der Waals surface area contributed by atoms with Crippen molar-refractivity contribution in [1.29, 1.82) is 0 Å². The number of hydrogen-bond acceptors (Lipinski definition) is 4. The summed E-state index contributed by atoms with van der Waals surface area (Å²) in [5.41, 5.74) is -13.5. The molecule has 0 aliphatic rings. The highest BCUT2D eigenvalue weighted by atomic mass is 19.4. The second-order valence-electron chi connectivity index (χ2n) is 9.51. The number of hydrogen-bond donors (Lipinski definition) is 1. The highest BCUT2D eigenvalue weighted by Gasteiger charge is 2.81. The summed E-state index contributed by atoms with van der Waals surface area (Å²) in [6, 6.07) is 1.27. The molecule has 2 rings (SSSR count). The third-order valence-corrected chi connectivity index (χ3v) is 6.17. The molecule has 0 radical (unpaired) electrons. The summed E-state index contributed by atoms with van der Waals surface area (Å²) in [4.78, 5) is 37.5. The fourth-order valence-corrected chi connectivity index (χ4v) is 3.91. The zero-order valence-electron chi connectivity index (χ0n) is 23.4. The van der Waals surface area contributed by atoms with Crippen LogP contribution < -0.4 is 15.0 Å². The molecule has 0 bridgehead atoms. The first-order valence-corrected chi connectivity index (χ1v) is 12.1. The van der Waals surface area contributed by atoms with Gasteiger partial charge in [-0.3, -0.25) is 14.4 Å². The topological polar surface area (TPSA) is 79.0 Å². The van der Waals surface area contributed by atoms with E-state index in [2.05, 4.69) is 4.74 Å². The number of nitrogens with zero attached hydrogens (tertiary/aromatic N) is 2. The van der Waals surface area contributed by atoms with E-state index < -0.39 is 107 Å². The van der Waals surface area contributed by atoms with E-state index in [9.17, 15) is 75.8 Å². The zero-order valence-corrected chi connectivity index (χ0v) is 23.4. The van der Waals surface area contributed by atoms with Crippen LogP contribution in [0.1, 0.15) is 21.5 Å². The fourth-order valence-electron chi connectivity index (χ4n) is 3.91. The molecule has 0 aliphatic carbocycles. The summed E-state index contributed by atoms with van der Waals surface area (Å²) in [6.07, 6.45) is -19.1. The van der Waals surface area contributed by atoms with Crippen LogP contribution in [-0.2, 0) is 15.3 Å². The van der Waals surface area contributed by atoms with Crippen LogP contribution in [0.4, 0.5) is 77.2 Å². The van der Waals surface area contributed by atoms with Crippen molar-refractivity contribution in [3.63, 3.8) is 0 Å². The van der Waals surface area contributed by atoms with Crippen LogP contribution in [0.25, 0.3) is 0 Å². The quantitative estimate of drug-likeness (QED) is 0.239. The minimum absolute atomic E-state index is 0.0697. The van der Waals surface area contributed by atoms with Crippen LogP contribution in [-0.4, -0.2) is 74.3 Å². The number of ether oxygens (including phenoxy) is 1. The number of anilines is 2. The molecule has 3 amide bonds. The lowest BCUT2D eigenvalue weighted by Gasteiger charge is -2.36. The lowest BCUT2D eigenvalue weighted by Crippen LogP contribution is -2.59. The summed E-state index contributed by atoms with van der Waals surface area (Å²) in [7, 11) is 1.28. The average Bonchev–Trinajstić information content (AvgIpc) is 2.90. The zero-order chi connectivity index (χ0) is 36.7. The van der Waals surface area contributed by atoms with Crippen LogP contribution in [0.5, 0.6) is 5.75 Å². The molecule has 0 aromatic heterocycles. The average molecular weight is 709 g/mol. The molecule has 0 heterocycles. The largest absolute Gasteiger partial charge is 0.457 e. The first-order chi connectivity index (χ1) is 21.1. The second-order valence-corrected chi connectivity index (χ2v) is 9.51. The van der Waals surface area contributed by atoms with Crippen molar-refractivity contribution in [3.05, 3.63) is 52.8 Å². The number of halogens is 15. The molecule has 1 unspecified atom stereocenters. The van der Waals surface area contributed by atoms with Crippen LogP contribution in [0.3, 0.4) is 0 Å². The maximum absolute atomic E-state index is 15.3. The second kappa shape index (κ2) is 13.0. The van der Waals surface area contributed by atoms with Gasteiger partial charge in [-0.15, -0.1) is 0 Å². The van der Waals surface area contributed by atoms with Gasteiger partial charge in [-0.2, -0.15) is 57.1 Å². The van der Waals surface area contributed by atoms with Crippen molar-refractivity contribution < 1.29 is 85.0 Å².